The number of anilines is 1. The van der Waals surface area contributed by atoms with Gasteiger partial charge in [0.2, 0.25) is 0 Å². The van der Waals surface area contributed by atoms with Crippen LogP contribution in [0.4, 0.5) is 20.1 Å². The lowest BCUT2D eigenvalue weighted by molar-refractivity contribution is -0.122. The molecule has 0 spiro atoms. The van der Waals surface area contributed by atoms with Crippen LogP contribution in [-0.4, -0.2) is 105 Å². The Morgan fingerprint density at radius 1 is 0.703 bits per heavy atom. The van der Waals surface area contributed by atoms with Gasteiger partial charge in [-0.1, -0.05) is 105 Å². The van der Waals surface area contributed by atoms with Gasteiger partial charge in [0.1, 0.15) is 13.2 Å². The fourth-order valence-corrected chi connectivity index (χ4v) is 11.3. The van der Waals surface area contributed by atoms with Crippen molar-refractivity contribution < 1.29 is 41.8 Å². The number of likely N-dealkylation sites (tertiary alicyclic amines) is 2. The van der Waals surface area contributed by atoms with Crippen LogP contribution in [0, 0.1) is 24.7 Å². The number of rotatable bonds is 14. The van der Waals surface area contributed by atoms with Crippen molar-refractivity contribution in [1.29, 1.82) is 0 Å². The lowest BCUT2D eigenvalue weighted by Gasteiger charge is -2.24. The van der Waals surface area contributed by atoms with E-state index in [1.54, 1.807) is 66.6 Å². The van der Waals surface area contributed by atoms with Gasteiger partial charge in [0.05, 0.1) is 35.3 Å². The zero-order valence-corrected chi connectivity index (χ0v) is 42.7. The van der Waals surface area contributed by atoms with Crippen LogP contribution in [0.15, 0.2) is 145 Å². The van der Waals surface area contributed by atoms with Crippen LogP contribution in [0.2, 0.25) is 0 Å². The number of carbonyl (C=O) groups excluding carboxylic acids is 4. The first kappa shape index (κ1) is 50.9. The van der Waals surface area contributed by atoms with Crippen molar-refractivity contribution in [2.45, 2.75) is 64.6 Å². The molecule has 6 heterocycles. The lowest BCUT2D eigenvalue weighted by Crippen LogP contribution is -2.40. The molecule has 0 aliphatic carbocycles. The van der Waals surface area contributed by atoms with Crippen LogP contribution >= 0.6 is 0 Å². The number of fused-ring (bicyclic) bond motifs is 4. The van der Waals surface area contributed by atoms with E-state index in [2.05, 4.69) is 26.3 Å². The number of nitrogens with one attached hydrogen (secondary N) is 1. The zero-order chi connectivity index (χ0) is 51.9. The highest BCUT2D eigenvalue weighted by Gasteiger charge is 2.41. The first-order valence-corrected chi connectivity index (χ1v) is 26.4. The van der Waals surface area contributed by atoms with E-state index in [0.29, 0.717) is 55.2 Å². The van der Waals surface area contributed by atoms with Gasteiger partial charge in [0.25, 0.3) is 10.0 Å². The van der Waals surface area contributed by atoms with Gasteiger partial charge in [-0.2, -0.15) is 0 Å². The van der Waals surface area contributed by atoms with Crippen LogP contribution in [0.3, 0.4) is 0 Å². The van der Waals surface area contributed by atoms with Gasteiger partial charge in [-0.05, 0) is 79.3 Å². The highest BCUT2D eigenvalue weighted by atomic mass is 32.2. The number of aromatic nitrogens is 5. The number of H-pyrrole nitrogens is 1. The van der Waals surface area contributed by atoms with Crippen molar-refractivity contribution in [3.05, 3.63) is 162 Å². The molecule has 2 aliphatic heterocycles. The number of ketones is 1. The minimum atomic E-state index is -3.85. The molecule has 4 atom stereocenters. The number of aromatic amines is 1. The summed E-state index contributed by atoms with van der Waals surface area (Å²) in [4.78, 5) is 69.3. The summed E-state index contributed by atoms with van der Waals surface area (Å²) in [6, 6.07) is 34.3. The van der Waals surface area contributed by atoms with Gasteiger partial charge >= 0.3 is 18.3 Å². The van der Waals surface area contributed by atoms with Gasteiger partial charge in [0.15, 0.2) is 17.1 Å². The Morgan fingerprint density at radius 3 is 2.00 bits per heavy atom. The largest absolute Gasteiger partial charge is 0.449 e. The molecule has 4 aromatic heterocycles. The molecule has 17 nitrogen and oxygen atoms in total. The summed E-state index contributed by atoms with van der Waals surface area (Å²) in [6.07, 6.45) is 7.30. The van der Waals surface area contributed by atoms with Crippen molar-refractivity contribution in [2.24, 2.45) is 17.8 Å². The standard InChI is InChI=1S/C34H37N3O7S.C22H23N5O2/c1-4-26-20-35(33(39)44-23-25-9-7-6-8-10-25)21-30(26)32(38)22-36(34(40)43-5-2)28-13-16-31-27(19-28)17-18-37(31)45(41,42)29-14-11-24(3)12-15-29;1-2-16-12-26(22(28)29-14-15-6-4-3-5-7-15)13-17(16)19-10-24-20-11-25-21-18(27(19)20)8-9-23-21/h6-19,26,30H,4-5,20-23H2,1-3H3;3-11,16-17,23H,2,12-14H2,1H3/t26-,30+;16-,17+/m11/s1. The summed E-state index contributed by atoms with van der Waals surface area (Å²) < 4.78 is 46.5. The number of nitrogens with zero attached hydrogens (tertiary/aromatic N) is 7. The van der Waals surface area contributed by atoms with E-state index in [1.165, 1.54) is 15.1 Å². The van der Waals surface area contributed by atoms with Crippen molar-refractivity contribution in [2.75, 3.05) is 44.2 Å². The molecular formula is C56H60N8O9S. The quantitative estimate of drug-likeness (QED) is 0.102. The number of imidazole rings is 1. The molecule has 74 heavy (non-hydrogen) atoms. The molecule has 4 aromatic carbocycles. The number of ether oxygens (including phenoxy) is 3. The normalized spacial score (nSPS) is 17.6. The van der Waals surface area contributed by atoms with Crippen molar-refractivity contribution in [3.8, 4) is 0 Å². The average Bonchev–Trinajstić information content (AvgIpc) is 4.29. The maximum Gasteiger partial charge on any atom is 0.414 e. The maximum absolute atomic E-state index is 13.7. The molecule has 18 heteroatoms. The number of Topliss-reactive ketones (excluding diaryl/α,β-unsaturated/α-hetero) is 1. The van der Waals surface area contributed by atoms with Gasteiger partial charge in [-0.15, -0.1) is 0 Å². The summed E-state index contributed by atoms with van der Waals surface area (Å²) >= 11 is 0. The Balaban J connectivity index is 0.000000199. The first-order chi connectivity index (χ1) is 35.9. The maximum atomic E-state index is 13.7. The third-order valence-corrected chi connectivity index (χ3v) is 15.8. The van der Waals surface area contributed by atoms with E-state index in [-0.39, 0.29) is 54.9 Å². The predicted octanol–water partition coefficient (Wildman–Crippen LogP) is 9.99. The number of aryl methyl sites for hydroxylation is 1. The Bertz CT molecular complexity index is 3380. The summed E-state index contributed by atoms with van der Waals surface area (Å²) in [6.45, 7) is 9.90. The smallest absolute Gasteiger partial charge is 0.414 e. The van der Waals surface area contributed by atoms with Crippen LogP contribution in [-0.2, 0) is 42.2 Å². The minimum Gasteiger partial charge on any atom is -0.449 e. The topological polar surface area (TPSA) is 191 Å². The van der Waals surface area contributed by atoms with Crippen molar-refractivity contribution in [1.82, 2.24) is 33.1 Å². The molecule has 0 radical (unpaired) electrons. The fourth-order valence-electron chi connectivity index (χ4n) is 9.98. The first-order valence-electron chi connectivity index (χ1n) is 25.0. The van der Waals surface area contributed by atoms with E-state index in [1.807, 2.05) is 97.9 Å². The lowest BCUT2D eigenvalue weighted by atomic mass is 9.89. The Morgan fingerprint density at radius 2 is 1.35 bits per heavy atom. The molecule has 1 N–H and O–H groups in total. The molecule has 8 aromatic rings. The van der Waals surface area contributed by atoms with E-state index < -0.39 is 28.1 Å². The third kappa shape index (κ3) is 10.9. The fraction of sp³-hybridized carbons (Fsp3) is 0.321. The second-order valence-electron chi connectivity index (χ2n) is 18.7. The molecule has 2 fully saturated rings. The van der Waals surface area contributed by atoms with E-state index >= 15 is 0 Å². The zero-order valence-electron chi connectivity index (χ0n) is 41.9. The number of hydrogen-bond acceptors (Lipinski definition) is 11. The molecule has 2 aliphatic rings. The van der Waals surface area contributed by atoms with Crippen molar-refractivity contribution in [3.63, 3.8) is 0 Å². The number of amides is 3. The van der Waals surface area contributed by atoms with Gasteiger partial charge in [-0.3, -0.25) is 14.1 Å². The van der Waals surface area contributed by atoms with Crippen LogP contribution in [0.25, 0.3) is 27.7 Å². The average molecular weight is 1020 g/mol. The number of carbonyl (C=O) groups is 4. The third-order valence-electron chi connectivity index (χ3n) is 14.1. The monoisotopic (exact) mass is 1020 g/mol. The number of hydrogen-bond donors (Lipinski definition) is 1. The van der Waals surface area contributed by atoms with E-state index in [9.17, 15) is 27.6 Å². The minimum absolute atomic E-state index is 0.0886. The number of benzene rings is 4. The van der Waals surface area contributed by atoms with Crippen LogP contribution < -0.4 is 4.90 Å². The molecule has 0 bridgehead atoms. The SMILES string of the molecule is CCOC(=O)N(CC(=O)[C@H]1CN(C(=O)OCc2ccccc2)C[C@H]1CC)c1ccc2c(ccn2S(=O)(=O)c2ccc(C)cc2)c1.CC[C@@H]1CN(C(=O)OCc2ccccc2)C[C@@H]1c1cnc2cnc3[nH]ccc3n12. The highest BCUT2D eigenvalue weighted by molar-refractivity contribution is 7.90. The molecule has 0 unspecified atom stereocenters. The molecule has 384 valence electrons. The molecule has 10 rings (SSSR count). The molecule has 0 saturated carbocycles. The van der Waals surface area contributed by atoms with Gasteiger partial charge in [-0.25, -0.2) is 36.7 Å². The van der Waals surface area contributed by atoms with Crippen LogP contribution in [0.5, 0.6) is 0 Å². The predicted molar refractivity (Wildman–Crippen MR) is 280 cm³/mol. The summed E-state index contributed by atoms with van der Waals surface area (Å²) in [7, 11) is -3.85. The van der Waals surface area contributed by atoms with E-state index in [0.717, 1.165) is 45.6 Å². The van der Waals surface area contributed by atoms with Crippen LogP contribution in [0.1, 0.15) is 61.9 Å². The Kier molecular flexibility index (Phi) is 15.4. The van der Waals surface area contributed by atoms with Gasteiger partial charge in [0, 0.05) is 73.4 Å². The second kappa shape index (κ2) is 22.4. The molecule has 3 amide bonds. The Labute approximate surface area is 429 Å². The van der Waals surface area contributed by atoms with Crippen molar-refractivity contribution >= 4 is 67.5 Å². The summed E-state index contributed by atoms with van der Waals surface area (Å²) in [5.41, 5.74) is 7.43. The van der Waals surface area contributed by atoms with E-state index in [4.69, 9.17) is 14.2 Å². The van der Waals surface area contributed by atoms with Gasteiger partial charge < -0.3 is 29.0 Å². The summed E-state index contributed by atoms with van der Waals surface area (Å²) in [5, 5.41) is 0.574. The second-order valence-corrected chi connectivity index (χ2v) is 20.5. The summed E-state index contributed by atoms with van der Waals surface area (Å²) in [5.74, 6) is -0.205. The molecular weight excluding hydrogens is 961 g/mol. The highest BCUT2D eigenvalue weighted by Crippen LogP contribution is 2.37. The Hall–Kier alpha value is -7.99. The molecule has 2 saturated heterocycles.